The smallest absolute Gasteiger partial charge is 0.219 e. The molecule has 1 amide bonds. The monoisotopic (exact) mass is 262 g/mol. The summed E-state index contributed by atoms with van der Waals surface area (Å²) in [5, 5.41) is 3.48. The second-order valence-electron chi connectivity index (χ2n) is 5.13. The summed E-state index contributed by atoms with van der Waals surface area (Å²) in [7, 11) is 1.66. The summed E-state index contributed by atoms with van der Waals surface area (Å²) >= 11 is 0. The highest BCUT2D eigenvalue weighted by atomic mass is 16.5. The molecule has 104 valence electrons. The predicted octanol–water partition coefficient (Wildman–Crippen LogP) is 1.71. The molecule has 1 aliphatic carbocycles. The number of carbonyl (C=O) groups is 1. The van der Waals surface area contributed by atoms with E-state index in [1.165, 1.54) is 11.1 Å². The number of fused-ring (bicyclic) bond motifs is 1. The summed E-state index contributed by atoms with van der Waals surface area (Å²) in [6, 6.07) is 6.12. The van der Waals surface area contributed by atoms with Crippen LogP contribution in [-0.4, -0.2) is 19.6 Å². The summed E-state index contributed by atoms with van der Waals surface area (Å²) in [5.74, 6) is 0.559. The molecule has 0 heterocycles. The van der Waals surface area contributed by atoms with Gasteiger partial charge in [0.25, 0.3) is 0 Å². The molecule has 4 nitrogen and oxygen atoms in total. The van der Waals surface area contributed by atoms with Crippen LogP contribution in [0, 0.1) is 0 Å². The third-order valence-electron chi connectivity index (χ3n) is 3.87. The molecule has 0 radical (unpaired) electrons. The lowest BCUT2D eigenvalue weighted by atomic mass is 9.74. The molecular weight excluding hydrogens is 240 g/mol. The Morgan fingerprint density at radius 2 is 2.32 bits per heavy atom. The van der Waals surface area contributed by atoms with Crippen LogP contribution in [0.5, 0.6) is 5.75 Å². The molecule has 4 heteroatoms. The first-order chi connectivity index (χ1) is 9.11. The molecule has 3 N–H and O–H groups in total. The van der Waals surface area contributed by atoms with Gasteiger partial charge in [-0.2, -0.15) is 0 Å². The molecule has 0 aliphatic heterocycles. The van der Waals surface area contributed by atoms with E-state index in [-0.39, 0.29) is 11.4 Å². The number of hydrogen-bond donors (Lipinski definition) is 2. The lowest BCUT2D eigenvalue weighted by molar-refractivity contribution is -0.119. The van der Waals surface area contributed by atoms with Gasteiger partial charge in [0.05, 0.1) is 12.6 Å². The fourth-order valence-corrected chi connectivity index (χ4v) is 3.13. The first-order valence-electron chi connectivity index (χ1n) is 6.82. The van der Waals surface area contributed by atoms with Crippen molar-refractivity contribution in [1.29, 1.82) is 0 Å². The van der Waals surface area contributed by atoms with Crippen molar-refractivity contribution in [3.05, 3.63) is 29.3 Å². The quantitative estimate of drug-likeness (QED) is 0.849. The second kappa shape index (κ2) is 5.61. The molecule has 1 aromatic carbocycles. The number of amides is 1. The zero-order valence-corrected chi connectivity index (χ0v) is 11.7. The largest absolute Gasteiger partial charge is 0.497 e. The van der Waals surface area contributed by atoms with E-state index < -0.39 is 0 Å². The number of rotatable bonds is 5. The Balaban J connectivity index is 2.48. The van der Waals surface area contributed by atoms with Gasteiger partial charge in [0.1, 0.15) is 5.75 Å². The van der Waals surface area contributed by atoms with Crippen molar-refractivity contribution in [2.45, 2.75) is 38.1 Å². The lowest BCUT2D eigenvalue weighted by Crippen LogP contribution is -2.47. The van der Waals surface area contributed by atoms with Crippen LogP contribution in [0.4, 0.5) is 0 Å². The summed E-state index contributed by atoms with van der Waals surface area (Å²) in [6.07, 6.45) is 3.38. The number of benzene rings is 1. The minimum atomic E-state index is -0.331. The SMILES string of the molecule is CCNC1(CC(N)=O)CCCc2ccc(OC)cc21. The van der Waals surface area contributed by atoms with Crippen LogP contribution in [0.15, 0.2) is 18.2 Å². The Morgan fingerprint density at radius 1 is 1.53 bits per heavy atom. The average Bonchev–Trinajstić information content (AvgIpc) is 2.38. The van der Waals surface area contributed by atoms with Crippen molar-refractivity contribution < 1.29 is 9.53 Å². The Hall–Kier alpha value is -1.55. The maximum Gasteiger partial charge on any atom is 0.219 e. The molecule has 1 aromatic rings. The van der Waals surface area contributed by atoms with Gasteiger partial charge in [-0.15, -0.1) is 0 Å². The third-order valence-corrected chi connectivity index (χ3v) is 3.87. The number of ether oxygens (including phenoxy) is 1. The van der Waals surface area contributed by atoms with Gasteiger partial charge < -0.3 is 15.8 Å². The van der Waals surface area contributed by atoms with Crippen LogP contribution >= 0.6 is 0 Å². The van der Waals surface area contributed by atoms with Gasteiger partial charge in [-0.1, -0.05) is 13.0 Å². The van der Waals surface area contributed by atoms with E-state index in [0.29, 0.717) is 6.42 Å². The van der Waals surface area contributed by atoms with Crippen molar-refractivity contribution >= 4 is 5.91 Å². The summed E-state index contributed by atoms with van der Waals surface area (Å²) in [4.78, 5) is 11.5. The van der Waals surface area contributed by atoms with Crippen LogP contribution < -0.4 is 15.8 Å². The van der Waals surface area contributed by atoms with Gasteiger partial charge in [-0.25, -0.2) is 0 Å². The molecule has 0 aromatic heterocycles. The Kier molecular flexibility index (Phi) is 4.10. The summed E-state index contributed by atoms with van der Waals surface area (Å²) < 4.78 is 5.31. The molecule has 0 bridgehead atoms. The number of aryl methyl sites for hydroxylation is 1. The zero-order valence-electron chi connectivity index (χ0n) is 11.7. The van der Waals surface area contributed by atoms with Crippen molar-refractivity contribution in [3.8, 4) is 5.75 Å². The van der Waals surface area contributed by atoms with E-state index in [1.807, 2.05) is 12.1 Å². The number of methoxy groups -OCH3 is 1. The van der Waals surface area contributed by atoms with E-state index >= 15 is 0 Å². The number of hydrogen-bond acceptors (Lipinski definition) is 3. The van der Waals surface area contributed by atoms with Gasteiger partial charge in [0.15, 0.2) is 0 Å². The predicted molar refractivity (Wildman–Crippen MR) is 75.1 cm³/mol. The Bertz CT molecular complexity index is 473. The topological polar surface area (TPSA) is 64.3 Å². The normalized spacial score (nSPS) is 21.8. The van der Waals surface area contributed by atoms with Gasteiger partial charge >= 0.3 is 0 Å². The standard InChI is InChI=1S/C15H22N2O2/c1-3-17-15(10-14(16)18)8-4-5-11-6-7-12(19-2)9-13(11)15/h6-7,9,17H,3-5,8,10H2,1-2H3,(H2,16,18). The number of nitrogens with two attached hydrogens (primary N) is 1. The van der Waals surface area contributed by atoms with Crippen LogP contribution in [-0.2, 0) is 16.8 Å². The molecule has 1 unspecified atom stereocenters. The Morgan fingerprint density at radius 3 is 2.95 bits per heavy atom. The Labute approximate surface area is 114 Å². The fourth-order valence-electron chi connectivity index (χ4n) is 3.13. The molecule has 0 fully saturated rings. The highest BCUT2D eigenvalue weighted by molar-refractivity contribution is 5.75. The average molecular weight is 262 g/mol. The molecule has 0 saturated carbocycles. The number of carbonyl (C=O) groups excluding carboxylic acids is 1. The summed E-state index contributed by atoms with van der Waals surface area (Å²) in [6.45, 7) is 2.86. The molecule has 0 saturated heterocycles. The van der Waals surface area contributed by atoms with Gasteiger partial charge in [0.2, 0.25) is 5.91 Å². The van der Waals surface area contributed by atoms with Crippen molar-refractivity contribution in [1.82, 2.24) is 5.32 Å². The van der Waals surface area contributed by atoms with Crippen LogP contribution in [0.2, 0.25) is 0 Å². The third kappa shape index (κ3) is 2.73. The molecular formula is C15H22N2O2. The van der Waals surface area contributed by atoms with Crippen molar-refractivity contribution in [2.24, 2.45) is 5.73 Å². The van der Waals surface area contributed by atoms with Crippen LogP contribution in [0.25, 0.3) is 0 Å². The zero-order chi connectivity index (χ0) is 13.9. The van der Waals surface area contributed by atoms with Crippen LogP contribution in [0.3, 0.4) is 0 Å². The highest BCUT2D eigenvalue weighted by Gasteiger charge is 2.37. The summed E-state index contributed by atoms with van der Waals surface area (Å²) in [5.41, 5.74) is 7.58. The first kappa shape index (κ1) is 13.9. The van der Waals surface area contributed by atoms with E-state index in [1.54, 1.807) is 7.11 Å². The minimum absolute atomic E-state index is 0.267. The maximum atomic E-state index is 11.5. The second-order valence-corrected chi connectivity index (χ2v) is 5.13. The van der Waals surface area contributed by atoms with Gasteiger partial charge in [-0.05, 0) is 49.1 Å². The molecule has 0 spiro atoms. The van der Waals surface area contributed by atoms with Crippen LogP contribution in [0.1, 0.15) is 37.3 Å². The molecule has 1 aliphatic rings. The van der Waals surface area contributed by atoms with Gasteiger partial charge in [0, 0.05) is 6.42 Å². The molecule has 19 heavy (non-hydrogen) atoms. The van der Waals surface area contributed by atoms with Crippen molar-refractivity contribution in [2.75, 3.05) is 13.7 Å². The first-order valence-corrected chi connectivity index (χ1v) is 6.82. The highest BCUT2D eigenvalue weighted by Crippen LogP contribution is 2.39. The number of primary amides is 1. The van der Waals surface area contributed by atoms with Gasteiger partial charge in [-0.3, -0.25) is 4.79 Å². The maximum absolute atomic E-state index is 11.5. The van der Waals surface area contributed by atoms with Crippen molar-refractivity contribution in [3.63, 3.8) is 0 Å². The van der Waals surface area contributed by atoms with E-state index in [2.05, 4.69) is 18.3 Å². The molecule has 2 rings (SSSR count). The fraction of sp³-hybridized carbons (Fsp3) is 0.533. The minimum Gasteiger partial charge on any atom is -0.497 e. The lowest BCUT2D eigenvalue weighted by Gasteiger charge is -2.39. The number of nitrogens with one attached hydrogen (secondary N) is 1. The van der Waals surface area contributed by atoms with E-state index in [4.69, 9.17) is 10.5 Å². The van der Waals surface area contributed by atoms with E-state index in [0.717, 1.165) is 31.6 Å². The molecule has 1 atom stereocenters. The van der Waals surface area contributed by atoms with E-state index in [9.17, 15) is 4.79 Å².